The molecule has 0 aliphatic heterocycles. The molecule has 0 aromatic heterocycles. The molecule has 2 unspecified atom stereocenters. The zero-order valence-electron chi connectivity index (χ0n) is 12.5. The molecule has 1 aromatic carbocycles. The van der Waals surface area contributed by atoms with Crippen LogP contribution >= 0.6 is 0 Å². The van der Waals surface area contributed by atoms with Crippen molar-refractivity contribution < 1.29 is 14.6 Å². The predicted molar refractivity (Wildman–Crippen MR) is 85.4 cm³/mol. The first-order valence-electron chi connectivity index (χ1n) is 7.27. The van der Waals surface area contributed by atoms with Crippen molar-refractivity contribution in [2.24, 2.45) is 0 Å². The molecule has 1 aliphatic carbocycles. The van der Waals surface area contributed by atoms with E-state index in [0.717, 1.165) is 12.0 Å². The van der Waals surface area contributed by atoms with E-state index in [0.29, 0.717) is 18.4 Å². The Bertz CT molecular complexity index is 665. The number of benzene rings is 1. The molecule has 1 N–H and O–H groups in total. The minimum atomic E-state index is -0.699. The molecule has 0 fully saturated rings. The van der Waals surface area contributed by atoms with Gasteiger partial charge in [0.2, 0.25) is 0 Å². The molecule has 112 valence electrons. The number of aliphatic hydroxyl groups is 1. The zero-order chi connectivity index (χ0) is 15.8. The van der Waals surface area contributed by atoms with E-state index in [9.17, 15) is 9.90 Å². The van der Waals surface area contributed by atoms with Gasteiger partial charge in [0, 0.05) is 13.3 Å². The van der Waals surface area contributed by atoms with Crippen LogP contribution in [-0.4, -0.2) is 23.3 Å². The van der Waals surface area contributed by atoms with Crippen molar-refractivity contribution in [2.45, 2.75) is 38.4 Å². The number of ether oxygens (including phenoxy) is 1. The summed E-state index contributed by atoms with van der Waals surface area (Å²) < 4.78 is 5.28. The molecule has 3 nitrogen and oxygen atoms in total. The molecule has 2 rings (SSSR count). The van der Waals surface area contributed by atoms with E-state index in [1.165, 1.54) is 6.92 Å². The van der Waals surface area contributed by atoms with Crippen molar-refractivity contribution in [2.75, 3.05) is 0 Å². The molecule has 1 aliphatic rings. The standard InChI is InChI=1S/C19H18O3/c1-15(20)22-19-11-7-3-6-10-18(21)13-12-17(19)14-16-8-4-2-5-9-16/h2,4-5,8-9,14,18-19,21H,3,6,10H2,1H3/b17-14+. The van der Waals surface area contributed by atoms with E-state index >= 15 is 0 Å². The molecule has 0 bridgehead atoms. The van der Waals surface area contributed by atoms with Crippen LogP contribution in [0, 0.1) is 23.7 Å². The number of carbonyl (C=O) groups is 1. The first kappa shape index (κ1) is 15.9. The van der Waals surface area contributed by atoms with Crippen LogP contribution in [0.4, 0.5) is 0 Å². The quantitative estimate of drug-likeness (QED) is 0.673. The van der Waals surface area contributed by atoms with Crippen molar-refractivity contribution in [1.29, 1.82) is 0 Å². The topological polar surface area (TPSA) is 46.5 Å². The van der Waals surface area contributed by atoms with E-state index in [2.05, 4.69) is 23.7 Å². The largest absolute Gasteiger partial charge is 0.444 e. The fraction of sp³-hybridized carbons (Fsp3) is 0.316. The van der Waals surface area contributed by atoms with Crippen LogP contribution in [0.5, 0.6) is 0 Å². The van der Waals surface area contributed by atoms with Crippen LogP contribution in [0.15, 0.2) is 35.9 Å². The maximum absolute atomic E-state index is 11.3. The SMILES string of the molecule is CC(=O)OC1C#CCCCC(O)C#C/C1=C\c1ccccc1. The summed E-state index contributed by atoms with van der Waals surface area (Å²) in [6.45, 7) is 1.35. The summed E-state index contributed by atoms with van der Waals surface area (Å²) in [6.07, 6.45) is 2.47. The summed E-state index contributed by atoms with van der Waals surface area (Å²) in [5.41, 5.74) is 1.52. The maximum Gasteiger partial charge on any atom is 0.304 e. The van der Waals surface area contributed by atoms with Crippen LogP contribution in [0.2, 0.25) is 0 Å². The number of hydrogen-bond acceptors (Lipinski definition) is 3. The number of carbonyl (C=O) groups excluding carboxylic acids is 1. The van der Waals surface area contributed by atoms with Crippen LogP contribution in [-0.2, 0) is 9.53 Å². The van der Waals surface area contributed by atoms with Crippen molar-refractivity contribution in [1.82, 2.24) is 0 Å². The zero-order valence-corrected chi connectivity index (χ0v) is 12.5. The minimum Gasteiger partial charge on any atom is -0.444 e. The second kappa shape index (κ2) is 8.08. The van der Waals surface area contributed by atoms with Gasteiger partial charge in [-0.2, -0.15) is 0 Å². The van der Waals surface area contributed by atoms with Crippen molar-refractivity contribution in [3.05, 3.63) is 41.5 Å². The number of aliphatic hydroxyl groups excluding tert-OH is 1. The molecule has 1 aromatic rings. The second-order valence-corrected chi connectivity index (χ2v) is 5.00. The molecule has 0 heterocycles. The normalized spacial score (nSPS) is 22.7. The highest BCUT2D eigenvalue weighted by atomic mass is 16.5. The van der Waals surface area contributed by atoms with Crippen molar-refractivity contribution in [3.8, 4) is 23.7 Å². The lowest BCUT2D eigenvalue weighted by Gasteiger charge is -2.12. The van der Waals surface area contributed by atoms with Gasteiger partial charge in [-0.15, -0.1) is 0 Å². The first-order valence-corrected chi connectivity index (χ1v) is 7.27. The van der Waals surface area contributed by atoms with Gasteiger partial charge in [-0.25, -0.2) is 0 Å². The minimum absolute atomic E-state index is 0.405. The first-order chi connectivity index (χ1) is 10.6. The Hall–Kier alpha value is -2.49. The number of esters is 1. The average Bonchev–Trinajstić information content (AvgIpc) is 2.50. The highest BCUT2D eigenvalue weighted by Gasteiger charge is 2.14. The second-order valence-electron chi connectivity index (χ2n) is 5.00. The van der Waals surface area contributed by atoms with E-state index in [1.54, 1.807) is 0 Å². The summed E-state index contributed by atoms with van der Waals surface area (Å²) in [5.74, 6) is 11.3. The van der Waals surface area contributed by atoms with Gasteiger partial charge < -0.3 is 9.84 Å². The molecule has 0 saturated heterocycles. The summed E-state index contributed by atoms with van der Waals surface area (Å²) in [7, 11) is 0. The van der Waals surface area contributed by atoms with E-state index < -0.39 is 18.2 Å². The van der Waals surface area contributed by atoms with Gasteiger partial charge in [0.1, 0.15) is 6.10 Å². The van der Waals surface area contributed by atoms with Crippen molar-refractivity contribution >= 4 is 12.0 Å². The molecule has 0 amide bonds. The summed E-state index contributed by atoms with van der Waals surface area (Å²) >= 11 is 0. The third-order valence-corrected chi connectivity index (χ3v) is 3.08. The molecular formula is C19H18O3. The number of hydrogen-bond donors (Lipinski definition) is 1. The molecule has 0 radical (unpaired) electrons. The van der Waals surface area contributed by atoms with Gasteiger partial charge >= 0.3 is 5.97 Å². The van der Waals surface area contributed by atoms with Crippen LogP contribution < -0.4 is 0 Å². The molecular weight excluding hydrogens is 276 g/mol. The van der Waals surface area contributed by atoms with Gasteiger partial charge in [-0.3, -0.25) is 4.79 Å². The van der Waals surface area contributed by atoms with Crippen LogP contribution in [0.1, 0.15) is 31.7 Å². The van der Waals surface area contributed by atoms with E-state index in [1.807, 2.05) is 36.4 Å². The highest BCUT2D eigenvalue weighted by Crippen LogP contribution is 2.14. The van der Waals surface area contributed by atoms with Gasteiger partial charge in [0.05, 0.1) is 5.57 Å². The van der Waals surface area contributed by atoms with Crippen molar-refractivity contribution in [3.63, 3.8) is 0 Å². The Labute approximate surface area is 131 Å². The Balaban J connectivity index is 2.41. The third kappa shape index (κ3) is 5.13. The lowest BCUT2D eigenvalue weighted by Crippen LogP contribution is -2.17. The van der Waals surface area contributed by atoms with Gasteiger partial charge in [-0.05, 0) is 24.5 Å². The molecule has 3 heteroatoms. The summed E-state index contributed by atoms with van der Waals surface area (Å²) in [4.78, 5) is 11.3. The maximum atomic E-state index is 11.3. The molecule has 0 saturated carbocycles. The van der Waals surface area contributed by atoms with E-state index in [4.69, 9.17) is 4.74 Å². The van der Waals surface area contributed by atoms with E-state index in [-0.39, 0.29) is 0 Å². The lowest BCUT2D eigenvalue weighted by atomic mass is 10.0. The van der Waals surface area contributed by atoms with Crippen LogP contribution in [0.25, 0.3) is 6.08 Å². The smallest absolute Gasteiger partial charge is 0.304 e. The highest BCUT2D eigenvalue weighted by molar-refractivity contribution is 5.69. The molecule has 22 heavy (non-hydrogen) atoms. The molecule has 2 atom stereocenters. The Kier molecular flexibility index (Phi) is 5.83. The summed E-state index contributed by atoms with van der Waals surface area (Å²) in [6, 6.07) is 9.63. The fourth-order valence-electron chi connectivity index (χ4n) is 2.03. The summed E-state index contributed by atoms with van der Waals surface area (Å²) in [5, 5.41) is 9.83. The van der Waals surface area contributed by atoms with Crippen LogP contribution in [0.3, 0.4) is 0 Å². The third-order valence-electron chi connectivity index (χ3n) is 3.08. The lowest BCUT2D eigenvalue weighted by molar-refractivity contribution is -0.142. The molecule has 0 spiro atoms. The van der Waals surface area contributed by atoms with Gasteiger partial charge in [0.25, 0.3) is 0 Å². The number of rotatable bonds is 2. The van der Waals surface area contributed by atoms with Gasteiger partial charge in [-0.1, -0.05) is 54.0 Å². The van der Waals surface area contributed by atoms with Gasteiger partial charge in [0.15, 0.2) is 6.10 Å². The fourth-order valence-corrected chi connectivity index (χ4v) is 2.03. The Morgan fingerprint density at radius 2 is 2.09 bits per heavy atom. The average molecular weight is 294 g/mol. The predicted octanol–water partition coefficient (Wildman–Crippen LogP) is 2.55. The Morgan fingerprint density at radius 1 is 1.32 bits per heavy atom. The Morgan fingerprint density at radius 3 is 2.82 bits per heavy atom. The monoisotopic (exact) mass is 294 g/mol.